The average molecular weight is 204 g/mol. The maximum absolute atomic E-state index is 8.38. The lowest BCUT2D eigenvalue weighted by Crippen LogP contribution is -1.86. The molecule has 0 aromatic heterocycles. The zero-order valence-electron chi connectivity index (χ0n) is 8.51. The van der Waals surface area contributed by atoms with Crippen LogP contribution in [0.15, 0.2) is 30.3 Å². The van der Waals surface area contributed by atoms with Crippen LogP contribution in [0.3, 0.4) is 0 Å². The Labute approximate surface area is 90.4 Å². The molecule has 1 radical (unpaired) electrons. The molecule has 0 amide bonds. The minimum Gasteiger partial charge on any atom is -0.323 e. The van der Waals surface area contributed by atoms with Crippen molar-refractivity contribution in [3.63, 3.8) is 0 Å². The van der Waals surface area contributed by atoms with Crippen LogP contribution < -0.4 is 0 Å². The van der Waals surface area contributed by atoms with Crippen molar-refractivity contribution in [3.05, 3.63) is 41.5 Å². The largest absolute Gasteiger partial charge is 0.323 e. The summed E-state index contributed by atoms with van der Waals surface area (Å²) in [6, 6.07) is 9.65. The molecule has 0 unspecified atom stereocenters. The Kier molecular flexibility index (Phi) is 4.23. The summed E-state index contributed by atoms with van der Waals surface area (Å²) in [5.74, 6) is 0. The lowest BCUT2D eigenvalue weighted by molar-refractivity contribution is 0.369. The number of hydrogen-bond acceptors (Lipinski definition) is 3. The van der Waals surface area contributed by atoms with Gasteiger partial charge in [0.15, 0.2) is 0 Å². The smallest absolute Gasteiger partial charge is 0.209 e. The highest BCUT2D eigenvalue weighted by Gasteiger charge is 1.93. The van der Waals surface area contributed by atoms with Crippen molar-refractivity contribution in [2.75, 3.05) is 0 Å². The molecule has 2 nitrogen and oxygen atoms in total. The average Bonchev–Trinajstić information content (AvgIpc) is 2.27. The molecule has 0 atom stereocenters. The third kappa shape index (κ3) is 3.69. The molecule has 1 aromatic rings. The van der Waals surface area contributed by atoms with E-state index in [0.29, 0.717) is 6.61 Å². The SMILES string of the molecule is [3H][B]SOCc1cccc(/C=C/C#N)c1. The van der Waals surface area contributed by atoms with Crippen LogP contribution in [0.25, 0.3) is 6.08 Å². The molecule has 0 saturated heterocycles. The van der Waals surface area contributed by atoms with Crippen molar-refractivity contribution in [1.82, 2.24) is 0 Å². The summed E-state index contributed by atoms with van der Waals surface area (Å²) in [5.41, 5.74) is 1.99. The van der Waals surface area contributed by atoms with E-state index in [1.807, 2.05) is 30.3 Å². The van der Waals surface area contributed by atoms with E-state index >= 15 is 0 Å². The van der Waals surface area contributed by atoms with E-state index in [2.05, 4.69) is 0 Å². The van der Waals surface area contributed by atoms with Crippen LogP contribution in [-0.4, -0.2) is 8.42 Å². The van der Waals surface area contributed by atoms with Gasteiger partial charge in [-0.15, -0.1) is 0 Å². The second-order valence-electron chi connectivity index (χ2n) is 2.57. The quantitative estimate of drug-likeness (QED) is 0.319. The number of nitrogens with zero attached hydrogens (tertiary/aromatic N) is 1. The molecule has 14 heavy (non-hydrogen) atoms. The molecule has 0 N–H and O–H groups in total. The van der Waals surface area contributed by atoms with Crippen LogP contribution in [-0.2, 0) is 10.8 Å². The third-order valence-corrected chi connectivity index (χ3v) is 1.85. The fourth-order valence-corrected chi connectivity index (χ4v) is 1.23. The van der Waals surface area contributed by atoms with Gasteiger partial charge in [-0.25, -0.2) is 0 Å². The van der Waals surface area contributed by atoms with Gasteiger partial charge in [0.2, 0.25) is 7.09 Å². The van der Waals surface area contributed by atoms with E-state index in [-0.39, 0.29) is 0 Å². The molecular formula is C10H9BNOS. The number of rotatable bonds is 5. The molecule has 0 bridgehead atoms. The van der Waals surface area contributed by atoms with Crippen LogP contribution in [0.5, 0.6) is 0 Å². The summed E-state index contributed by atoms with van der Waals surface area (Å²) >= 11 is 0.998. The summed E-state index contributed by atoms with van der Waals surface area (Å²) in [6.07, 6.45) is 3.18. The Morgan fingerprint density at radius 2 is 2.64 bits per heavy atom. The normalized spacial score (nSPS) is 10.9. The van der Waals surface area contributed by atoms with E-state index in [1.54, 1.807) is 6.08 Å². The predicted octanol–water partition coefficient (Wildman–Crippen LogP) is 2.20. The molecule has 0 aliphatic carbocycles. The molecule has 69 valence electrons. The Morgan fingerprint density at radius 1 is 1.71 bits per heavy atom. The van der Waals surface area contributed by atoms with Crippen molar-refractivity contribution >= 4 is 25.1 Å². The van der Waals surface area contributed by atoms with Crippen molar-refractivity contribution in [2.24, 2.45) is 0 Å². The monoisotopic (exact) mass is 204 g/mol. The van der Waals surface area contributed by atoms with Gasteiger partial charge < -0.3 is 4.18 Å². The molecule has 1 rings (SSSR count). The lowest BCUT2D eigenvalue weighted by atomic mass is 10.1. The molecule has 0 heterocycles. The van der Waals surface area contributed by atoms with Crippen LogP contribution >= 0.6 is 11.9 Å². The van der Waals surface area contributed by atoms with Crippen LogP contribution in [0.2, 0.25) is 0 Å². The predicted molar refractivity (Wildman–Crippen MR) is 60.6 cm³/mol. The highest BCUT2D eigenvalue weighted by Crippen LogP contribution is 2.10. The topological polar surface area (TPSA) is 33.0 Å². The molecule has 4 heteroatoms. The second kappa shape index (κ2) is 6.30. The molecule has 0 fully saturated rings. The first kappa shape index (κ1) is 9.38. The number of allylic oxidation sites excluding steroid dienone is 1. The summed E-state index contributed by atoms with van der Waals surface area (Å²) in [5, 5.41) is 8.38. The molecule has 0 saturated carbocycles. The molecule has 0 spiro atoms. The van der Waals surface area contributed by atoms with Gasteiger partial charge in [-0.1, -0.05) is 30.1 Å². The van der Waals surface area contributed by atoms with Gasteiger partial charge in [-0.3, -0.25) is 0 Å². The van der Waals surface area contributed by atoms with Gasteiger partial charge >= 0.3 is 0 Å². The van der Waals surface area contributed by atoms with Gasteiger partial charge in [0, 0.05) is 6.08 Å². The van der Waals surface area contributed by atoms with E-state index in [9.17, 15) is 0 Å². The minimum absolute atomic E-state index is 0.453. The first-order valence-corrected chi connectivity index (χ1v) is 4.80. The van der Waals surface area contributed by atoms with Crippen LogP contribution in [0, 0.1) is 11.3 Å². The van der Waals surface area contributed by atoms with Crippen molar-refractivity contribution in [1.29, 1.82) is 6.60 Å². The van der Waals surface area contributed by atoms with Gasteiger partial charge in [0.1, 0.15) is 0 Å². The van der Waals surface area contributed by atoms with E-state index in [1.165, 1.54) is 6.08 Å². The standard InChI is InChI=1S/C10H9BNOS/c11-14-13-8-10-4-1-3-9(7-10)5-2-6-12/h1-5,7,11H,8H2/b5-2+/i11T. The fourth-order valence-electron chi connectivity index (χ4n) is 1.02. The Hall–Kier alpha value is -1.18. The summed E-state index contributed by atoms with van der Waals surface area (Å²) < 4.78 is 11.9. The van der Waals surface area contributed by atoms with Gasteiger partial charge in [-0.2, -0.15) is 5.26 Å². The van der Waals surface area contributed by atoms with E-state index in [4.69, 9.17) is 10.8 Å². The first-order chi connectivity index (χ1) is 7.36. The summed E-state index contributed by atoms with van der Waals surface area (Å²) in [6.45, 7) is 0.453. The molecule has 0 aliphatic rings. The molecular weight excluding hydrogens is 193 g/mol. The zero-order chi connectivity index (χ0) is 10.9. The second-order valence-corrected chi connectivity index (χ2v) is 2.99. The highest BCUT2D eigenvalue weighted by molar-refractivity contribution is 8.15. The zero-order valence-corrected chi connectivity index (χ0v) is 8.33. The summed E-state index contributed by atoms with van der Waals surface area (Å²) in [7, 11) is 1.14. The van der Waals surface area contributed by atoms with Gasteiger partial charge in [-0.05, 0) is 24.6 Å². The Balaban J connectivity index is 2.58. The van der Waals surface area contributed by atoms with Gasteiger partial charge in [0.25, 0.3) is 0 Å². The maximum atomic E-state index is 8.38. The highest BCUT2D eigenvalue weighted by atomic mass is 32.2. The number of hydrogen-bond donors (Lipinski definition) is 0. The molecule has 0 aliphatic heterocycles. The van der Waals surface area contributed by atoms with Crippen molar-refractivity contribution in [3.8, 4) is 6.07 Å². The fraction of sp³-hybridized carbons (Fsp3) is 0.100. The number of nitriles is 1. The first-order valence-electron chi connectivity index (χ1n) is 4.58. The lowest BCUT2D eigenvalue weighted by Gasteiger charge is -2.01. The third-order valence-electron chi connectivity index (χ3n) is 1.59. The van der Waals surface area contributed by atoms with E-state index < -0.39 is 0 Å². The van der Waals surface area contributed by atoms with Crippen LogP contribution in [0.1, 0.15) is 11.1 Å². The number of benzene rings is 1. The Bertz CT molecular complexity index is 378. The molecule has 1 aromatic carbocycles. The maximum Gasteiger partial charge on any atom is 0.209 e. The van der Waals surface area contributed by atoms with Crippen molar-refractivity contribution < 1.29 is 4.18 Å². The van der Waals surface area contributed by atoms with Crippen LogP contribution in [0.4, 0.5) is 0 Å². The van der Waals surface area contributed by atoms with E-state index in [0.717, 1.165) is 30.1 Å². The Morgan fingerprint density at radius 3 is 3.43 bits per heavy atom. The summed E-state index contributed by atoms with van der Waals surface area (Å²) in [4.78, 5) is 0. The van der Waals surface area contributed by atoms with Gasteiger partial charge in [0.05, 0.1) is 12.7 Å². The minimum atomic E-state index is 0.453. The van der Waals surface area contributed by atoms with Crippen molar-refractivity contribution in [2.45, 2.75) is 6.61 Å².